The van der Waals surface area contributed by atoms with Crippen molar-refractivity contribution in [2.24, 2.45) is 0 Å². The van der Waals surface area contributed by atoms with E-state index in [-0.39, 0.29) is 0 Å². The number of hydrogen-bond acceptors (Lipinski definition) is 2. The van der Waals surface area contributed by atoms with E-state index >= 15 is 0 Å². The van der Waals surface area contributed by atoms with Crippen LogP contribution in [0.5, 0.6) is 0 Å². The second kappa shape index (κ2) is 6.18. The number of hydrogen-bond donors (Lipinski definition) is 1. The Bertz CT molecular complexity index is 184. The fourth-order valence-corrected chi connectivity index (χ4v) is 2.57. The summed E-state index contributed by atoms with van der Waals surface area (Å²) in [6.45, 7) is 0.705. The third-order valence-corrected chi connectivity index (χ3v) is 4.11. The van der Waals surface area contributed by atoms with Crippen molar-refractivity contribution in [3.8, 4) is 0 Å². The van der Waals surface area contributed by atoms with Crippen molar-refractivity contribution in [2.45, 2.75) is 30.6 Å². The highest BCUT2D eigenvalue weighted by Gasteiger charge is 2.23. The lowest BCUT2D eigenvalue weighted by Crippen LogP contribution is -2.27. The summed E-state index contributed by atoms with van der Waals surface area (Å²) >= 11 is 13.2. The Balaban J connectivity index is 2.17. The highest BCUT2D eigenvalue weighted by atomic mass is 35.5. The van der Waals surface area contributed by atoms with E-state index in [1.807, 2.05) is 11.8 Å². The van der Waals surface area contributed by atoms with Crippen LogP contribution in [0.4, 0.5) is 0 Å². The molecule has 0 amide bonds. The Morgan fingerprint density at radius 2 is 2.38 bits per heavy atom. The highest BCUT2D eigenvalue weighted by molar-refractivity contribution is 7.99. The molecule has 1 aliphatic carbocycles. The molecular formula is C9H15Cl2NS. The lowest BCUT2D eigenvalue weighted by molar-refractivity contribution is 0.555. The summed E-state index contributed by atoms with van der Waals surface area (Å²) in [5, 5.41) is 4.92. The van der Waals surface area contributed by atoms with E-state index in [2.05, 4.69) is 11.6 Å². The van der Waals surface area contributed by atoms with Crippen LogP contribution in [0.3, 0.4) is 0 Å². The molecule has 0 aromatic heterocycles. The minimum atomic E-state index is 0.628. The van der Waals surface area contributed by atoms with Gasteiger partial charge in [0.15, 0.2) is 0 Å². The van der Waals surface area contributed by atoms with Gasteiger partial charge in [-0.15, -0.1) is 0 Å². The molecule has 2 atom stereocenters. The van der Waals surface area contributed by atoms with Crippen molar-refractivity contribution in [2.75, 3.05) is 12.8 Å². The van der Waals surface area contributed by atoms with E-state index in [1.54, 1.807) is 0 Å². The molecule has 1 rings (SSSR count). The van der Waals surface area contributed by atoms with Gasteiger partial charge in [-0.1, -0.05) is 23.2 Å². The fraction of sp³-hybridized carbons (Fsp3) is 0.778. The minimum Gasteiger partial charge on any atom is -0.309 e. The maximum atomic E-state index is 5.78. The minimum absolute atomic E-state index is 0.628. The molecule has 0 radical (unpaired) electrons. The molecule has 1 aliphatic rings. The van der Waals surface area contributed by atoms with Crippen LogP contribution in [-0.2, 0) is 0 Å². The highest BCUT2D eigenvalue weighted by Crippen LogP contribution is 2.28. The summed E-state index contributed by atoms with van der Waals surface area (Å²) in [6.07, 6.45) is 6.02. The first-order valence-corrected chi connectivity index (χ1v) is 6.57. The van der Waals surface area contributed by atoms with Crippen LogP contribution >= 0.6 is 35.0 Å². The predicted octanol–water partition coefficient (Wildman–Crippen LogP) is 3.18. The average Bonchev–Trinajstić information content (AvgIpc) is 2.61. The molecule has 1 N–H and O–H groups in total. The Morgan fingerprint density at radius 3 is 2.92 bits per heavy atom. The molecule has 0 spiro atoms. The normalized spacial score (nSPS) is 29.6. The molecule has 4 heteroatoms. The third kappa shape index (κ3) is 4.11. The lowest BCUT2D eigenvalue weighted by Gasteiger charge is -2.11. The number of rotatable bonds is 4. The first kappa shape index (κ1) is 11.7. The van der Waals surface area contributed by atoms with Crippen LogP contribution in [-0.4, -0.2) is 24.1 Å². The Hall–Kier alpha value is 0.630. The molecule has 0 bridgehead atoms. The lowest BCUT2D eigenvalue weighted by atomic mass is 10.2. The third-order valence-electron chi connectivity index (χ3n) is 2.40. The Morgan fingerprint density at radius 1 is 1.62 bits per heavy atom. The molecule has 1 nitrogen and oxygen atoms in total. The van der Waals surface area contributed by atoms with Crippen LogP contribution in [0, 0.1) is 0 Å². The number of halogens is 2. The largest absolute Gasteiger partial charge is 0.309 e. The summed E-state index contributed by atoms with van der Waals surface area (Å²) < 4.78 is 0. The maximum Gasteiger partial charge on any atom is 0.0431 e. The molecule has 0 aliphatic heterocycles. The van der Waals surface area contributed by atoms with Crippen LogP contribution in [0.25, 0.3) is 0 Å². The van der Waals surface area contributed by atoms with E-state index in [9.17, 15) is 0 Å². The van der Waals surface area contributed by atoms with Gasteiger partial charge in [-0.3, -0.25) is 0 Å². The summed E-state index contributed by atoms with van der Waals surface area (Å²) in [5.74, 6) is 0. The van der Waals surface area contributed by atoms with E-state index in [0.717, 1.165) is 5.25 Å². The van der Waals surface area contributed by atoms with Crippen LogP contribution < -0.4 is 5.32 Å². The van der Waals surface area contributed by atoms with Gasteiger partial charge in [0.25, 0.3) is 0 Å². The van der Waals surface area contributed by atoms with Crippen LogP contribution in [0.1, 0.15) is 19.3 Å². The molecule has 0 aromatic carbocycles. The molecule has 1 saturated carbocycles. The zero-order chi connectivity index (χ0) is 9.68. The van der Waals surface area contributed by atoms with Crippen LogP contribution in [0.2, 0.25) is 0 Å². The van der Waals surface area contributed by atoms with Crippen molar-refractivity contribution in [1.82, 2.24) is 5.32 Å². The molecular weight excluding hydrogens is 225 g/mol. The predicted molar refractivity (Wildman–Crippen MR) is 62.7 cm³/mol. The molecule has 0 saturated heterocycles. The van der Waals surface area contributed by atoms with Gasteiger partial charge in [0.05, 0.1) is 0 Å². The molecule has 13 heavy (non-hydrogen) atoms. The summed E-state index contributed by atoms with van der Waals surface area (Å²) in [5.41, 5.74) is 1.43. The summed E-state index contributed by atoms with van der Waals surface area (Å²) in [4.78, 5) is 0. The first-order valence-electron chi connectivity index (χ1n) is 4.47. The zero-order valence-corrected chi connectivity index (χ0v) is 10.1. The van der Waals surface area contributed by atoms with E-state index in [4.69, 9.17) is 23.2 Å². The maximum absolute atomic E-state index is 5.78. The van der Waals surface area contributed by atoms with Gasteiger partial charge in [0.1, 0.15) is 0 Å². The number of nitrogens with one attached hydrogen (secondary N) is 1. The van der Waals surface area contributed by atoms with Gasteiger partial charge in [0.2, 0.25) is 0 Å². The molecule has 0 aromatic rings. The van der Waals surface area contributed by atoms with Gasteiger partial charge in [-0.2, -0.15) is 11.8 Å². The molecule has 76 valence electrons. The molecule has 0 heterocycles. The number of thioether (sulfide) groups is 1. The fourth-order valence-electron chi connectivity index (χ4n) is 1.62. The van der Waals surface area contributed by atoms with Crippen LogP contribution in [0.15, 0.2) is 10.6 Å². The van der Waals surface area contributed by atoms with Crippen molar-refractivity contribution in [1.29, 1.82) is 0 Å². The van der Waals surface area contributed by atoms with E-state index < -0.39 is 0 Å². The van der Waals surface area contributed by atoms with E-state index in [1.165, 1.54) is 24.8 Å². The molecule has 2 unspecified atom stereocenters. The quantitative estimate of drug-likeness (QED) is 0.810. The summed E-state index contributed by atoms with van der Waals surface area (Å²) in [7, 11) is 0. The van der Waals surface area contributed by atoms with Gasteiger partial charge in [-0.25, -0.2) is 0 Å². The second-order valence-electron chi connectivity index (χ2n) is 3.30. The van der Waals surface area contributed by atoms with Crippen molar-refractivity contribution in [3.63, 3.8) is 0 Å². The first-order chi connectivity index (χ1) is 6.26. The van der Waals surface area contributed by atoms with Crippen molar-refractivity contribution < 1.29 is 0 Å². The molecule has 1 fully saturated rings. The average molecular weight is 240 g/mol. The zero-order valence-electron chi connectivity index (χ0n) is 7.72. The van der Waals surface area contributed by atoms with Gasteiger partial charge < -0.3 is 5.32 Å². The Kier molecular flexibility index (Phi) is 5.56. The van der Waals surface area contributed by atoms with Crippen molar-refractivity contribution >= 4 is 35.0 Å². The summed E-state index contributed by atoms with van der Waals surface area (Å²) in [6, 6.07) is 0.628. The topological polar surface area (TPSA) is 12.0 Å². The standard InChI is InChI=1S/C9H15Cl2NS/c1-13-9-3-2-8(4-9)12-6-7(11)5-10/h5,8-9,12H,2-4,6H2,1H3. The van der Waals surface area contributed by atoms with Gasteiger partial charge in [-0.05, 0) is 25.5 Å². The SMILES string of the molecule is CSC1CCC(NCC(Cl)=CCl)C1. The monoisotopic (exact) mass is 239 g/mol. The van der Waals surface area contributed by atoms with Gasteiger partial charge >= 0.3 is 0 Å². The Labute approximate surface area is 94.2 Å². The van der Waals surface area contributed by atoms with Crippen molar-refractivity contribution in [3.05, 3.63) is 10.6 Å². The van der Waals surface area contributed by atoms with E-state index in [0.29, 0.717) is 17.6 Å². The second-order valence-corrected chi connectivity index (χ2v) is 5.15. The van der Waals surface area contributed by atoms with Gasteiger partial charge in [0, 0.05) is 28.4 Å². The smallest absolute Gasteiger partial charge is 0.0431 e.